The van der Waals surface area contributed by atoms with Crippen molar-refractivity contribution in [3.63, 3.8) is 0 Å². The maximum Gasteiger partial charge on any atom is 0.296 e. The summed E-state index contributed by atoms with van der Waals surface area (Å²) in [6, 6.07) is 13.0. The lowest BCUT2D eigenvalue weighted by Crippen LogP contribution is -2.14. The molecule has 1 amide bonds. The highest BCUT2D eigenvalue weighted by Gasteiger charge is 2.19. The van der Waals surface area contributed by atoms with Crippen LogP contribution in [-0.2, 0) is 6.61 Å². The van der Waals surface area contributed by atoms with E-state index in [9.17, 15) is 4.79 Å². The van der Waals surface area contributed by atoms with Crippen LogP contribution in [0.4, 0.5) is 5.13 Å². The largest absolute Gasteiger partial charge is 0.496 e. The lowest BCUT2D eigenvalue weighted by Gasteiger charge is -2.13. The molecule has 5 rings (SSSR count). The summed E-state index contributed by atoms with van der Waals surface area (Å²) in [5.41, 5.74) is 4.31. The van der Waals surface area contributed by atoms with E-state index in [-0.39, 0.29) is 12.5 Å². The van der Waals surface area contributed by atoms with Gasteiger partial charge in [0.1, 0.15) is 12.4 Å². The molecule has 3 heterocycles. The molecule has 0 fully saturated rings. The predicted molar refractivity (Wildman–Crippen MR) is 134 cm³/mol. The molecule has 3 aromatic heterocycles. The molecule has 0 saturated heterocycles. The van der Waals surface area contributed by atoms with E-state index >= 15 is 0 Å². The summed E-state index contributed by atoms with van der Waals surface area (Å²) in [5.74, 6) is 0.298. The zero-order valence-corrected chi connectivity index (χ0v) is 20.3. The molecular formula is C24H19ClN6O3S. The number of halogens is 1. The smallest absolute Gasteiger partial charge is 0.296 e. The van der Waals surface area contributed by atoms with Gasteiger partial charge in [-0.25, -0.2) is 0 Å². The second-order valence-corrected chi connectivity index (χ2v) is 8.90. The molecule has 0 aliphatic rings. The minimum atomic E-state index is -0.362. The minimum Gasteiger partial charge on any atom is -0.496 e. The van der Waals surface area contributed by atoms with Crippen molar-refractivity contribution in [1.82, 2.24) is 25.4 Å². The number of carbonyl (C=O) groups excluding carboxylic acids is 1. The molecule has 35 heavy (non-hydrogen) atoms. The van der Waals surface area contributed by atoms with Gasteiger partial charge in [0.25, 0.3) is 11.1 Å². The average Bonchev–Trinajstić information content (AvgIpc) is 3.54. The van der Waals surface area contributed by atoms with Crippen molar-refractivity contribution in [1.29, 1.82) is 0 Å². The number of H-pyrrole nitrogens is 1. The number of rotatable bonds is 7. The highest BCUT2D eigenvalue weighted by molar-refractivity contribution is 7.17. The SMILES string of the molecule is COc1ccccc1-c1cc(C)ncc1C(=O)Nc1nnc(OCc2ccc(Cl)c3[nH]ncc23)s1. The summed E-state index contributed by atoms with van der Waals surface area (Å²) in [7, 11) is 1.59. The van der Waals surface area contributed by atoms with Gasteiger partial charge < -0.3 is 9.47 Å². The molecule has 2 aromatic carbocycles. The molecule has 0 saturated carbocycles. The quantitative estimate of drug-likeness (QED) is 0.308. The van der Waals surface area contributed by atoms with Crippen LogP contribution >= 0.6 is 22.9 Å². The van der Waals surface area contributed by atoms with Crippen LogP contribution in [0.1, 0.15) is 21.6 Å². The molecule has 5 aromatic rings. The normalized spacial score (nSPS) is 10.9. The van der Waals surface area contributed by atoms with Crippen LogP contribution in [0.2, 0.25) is 5.02 Å². The minimum absolute atomic E-state index is 0.246. The summed E-state index contributed by atoms with van der Waals surface area (Å²) in [4.78, 5) is 17.4. The van der Waals surface area contributed by atoms with E-state index in [0.717, 1.165) is 39.1 Å². The highest BCUT2D eigenvalue weighted by atomic mass is 35.5. The third kappa shape index (κ3) is 4.66. The molecule has 2 N–H and O–H groups in total. The summed E-state index contributed by atoms with van der Waals surface area (Å²) >= 11 is 7.31. The Hall–Kier alpha value is -4.02. The molecule has 0 spiro atoms. The van der Waals surface area contributed by atoms with Crippen molar-refractivity contribution in [2.24, 2.45) is 0 Å². The number of ether oxygens (including phenoxy) is 2. The number of aromatic nitrogens is 5. The molecule has 9 nitrogen and oxygen atoms in total. The van der Waals surface area contributed by atoms with Crippen molar-refractivity contribution in [3.8, 4) is 22.1 Å². The molecule has 11 heteroatoms. The first-order valence-corrected chi connectivity index (χ1v) is 11.7. The summed E-state index contributed by atoms with van der Waals surface area (Å²) in [6.07, 6.45) is 3.24. The maximum absolute atomic E-state index is 13.1. The number of para-hydroxylation sites is 1. The van der Waals surface area contributed by atoms with Crippen molar-refractivity contribution in [3.05, 3.63) is 76.7 Å². The number of benzene rings is 2. The van der Waals surface area contributed by atoms with E-state index < -0.39 is 0 Å². The summed E-state index contributed by atoms with van der Waals surface area (Å²) < 4.78 is 11.3. The first-order chi connectivity index (χ1) is 17.0. The van der Waals surface area contributed by atoms with Crippen LogP contribution in [0.3, 0.4) is 0 Å². The van der Waals surface area contributed by atoms with Crippen LogP contribution in [0, 0.1) is 6.92 Å². The lowest BCUT2D eigenvalue weighted by atomic mass is 9.99. The zero-order valence-electron chi connectivity index (χ0n) is 18.7. The number of methoxy groups -OCH3 is 1. The van der Waals surface area contributed by atoms with Gasteiger partial charge in [0.05, 0.1) is 29.4 Å². The van der Waals surface area contributed by atoms with E-state index in [2.05, 4.69) is 30.7 Å². The van der Waals surface area contributed by atoms with Gasteiger partial charge in [-0.05, 0) is 36.5 Å². The average molecular weight is 507 g/mol. The van der Waals surface area contributed by atoms with Gasteiger partial charge in [-0.2, -0.15) is 5.10 Å². The topological polar surface area (TPSA) is 115 Å². The van der Waals surface area contributed by atoms with Gasteiger partial charge in [0.15, 0.2) is 0 Å². The maximum atomic E-state index is 13.1. The van der Waals surface area contributed by atoms with Crippen LogP contribution in [0.25, 0.3) is 22.0 Å². The fourth-order valence-electron chi connectivity index (χ4n) is 3.64. The Bertz CT molecular complexity index is 1530. The highest BCUT2D eigenvalue weighted by Crippen LogP contribution is 2.33. The van der Waals surface area contributed by atoms with E-state index in [0.29, 0.717) is 32.2 Å². The molecule has 0 bridgehead atoms. The third-order valence-corrected chi connectivity index (χ3v) is 6.38. The second kappa shape index (κ2) is 9.69. The number of aromatic amines is 1. The van der Waals surface area contributed by atoms with E-state index in [4.69, 9.17) is 21.1 Å². The van der Waals surface area contributed by atoms with Gasteiger partial charge in [-0.1, -0.05) is 41.0 Å². The second-order valence-electron chi connectivity index (χ2n) is 7.55. The molecule has 176 valence electrons. The first kappa shape index (κ1) is 22.8. The lowest BCUT2D eigenvalue weighted by molar-refractivity contribution is 0.102. The molecule has 0 unspecified atom stereocenters. The number of fused-ring (bicyclic) bond motifs is 1. The number of hydrogen-bond donors (Lipinski definition) is 2. The third-order valence-electron chi connectivity index (χ3n) is 5.32. The number of hydrogen-bond acceptors (Lipinski definition) is 8. The summed E-state index contributed by atoms with van der Waals surface area (Å²) in [5, 5.41) is 19.8. The van der Waals surface area contributed by atoms with E-state index in [1.807, 2.05) is 43.3 Å². The van der Waals surface area contributed by atoms with Crippen molar-refractivity contribution in [2.75, 3.05) is 12.4 Å². The van der Waals surface area contributed by atoms with Crippen LogP contribution in [0.15, 0.2) is 54.9 Å². The predicted octanol–water partition coefficient (Wildman–Crippen LogP) is 5.28. The number of aryl methyl sites for hydroxylation is 1. The monoisotopic (exact) mass is 506 g/mol. The molecule has 0 radical (unpaired) electrons. The van der Waals surface area contributed by atoms with E-state index in [1.165, 1.54) is 0 Å². The van der Waals surface area contributed by atoms with Crippen molar-refractivity contribution in [2.45, 2.75) is 13.5 Å². The Kier molecular flexibility index (Phi) is 6.30. The Labute approximate surface area is 209 Å². The fraction of sp³-hybridized carbons (Fsp3) is 0.125. The zero-order chi connectivity index (χ0) is 24.4. The number of nitrogens with one attached hydrogen (secondary N) is 2. The number of nitrogens with zero attached hydrogens (tertiary/aromatic N) is 4. The first-order valence-electron chi connectivity index (χ1n) is 10.5. The van der Waals surface area contributed by atoms with Crippen LogP contribution in [-0.4, -0.2) is 38.4 Å². The molecule has 0 aliphatic carbocycles. The number of carbonyl (C=O) groups is 1. The Balaban J connectivity index is 1.33. The Morgan fingerprint density at radius 1 is 1.14 bits per heavy atom. The molecular weight excluding hydrogens is 488 g/mol. The fourth-order valence-corrected chi connectivity index (χ4v) is 4.44. The van der Waals surface area contributed by atoms with Gasteiger partial charge in [0, 0.05) is 34.0 Å². The molecule has 0 atom stereocenters. The van der Waals surface area contributed by atoms with Gasteiger partial charge in [-0.3, -0.25) is 20.2 Å². The standard InChI is InChI=1S/C24H19ClN6O3S/c1-13-9-16(15-5-3-4-6-20(15)33-2)18(10-26-13)22(32)28-23-30-31-24(35-23)34-12-14-7-8-19(25)21-17(14)11-27-29-21/h3-11H,12H2,1-2H3,(H,27,29)(H,28,30,32). The van der Waals surface area contributed by atoms with Gasteiger partial charge in [-0.15, -0.1) is 5.10 Å². The van der Waals surface area contributed by atoms with E-state index in [1.54, 1.807) is 25.6 Å². The van der Waals surface area contributed by atoms with Crippen molar-refractivity contribution < 1.29 is 14.3 Å². The number of pyridine rings is 1. The summed E-state index contributed by atoms with van der Waals surface area (Å²) in [6.45, 7) is 2.11. The Morgan fingerprint density at radius 3 is 2.86 bits per heavy atom. The van der Waals surface area contributed by atoms with Gasteiger partial charge >= 0.3 is 0 Å². The number of anilines is 1. The van der Waals surface area contributed by atoms with Crippen LogP contribution in [0.5, 0.6) is 10.9 Å². The Morgan fingerprint density at radius 2 is 2.00 bits per heavy atom. The van der Waals surface area contributed by atoms with Crippen molar-refractivity contribution >= 4 is 44.9 Å². The number of amides is 1. The molecule has 0 aliphatic heterocycles. The van der Waals surface area contributed by atoms with Crippen LogP contribution < -0.4 is 14.8 Å². The van der Waals surface area contributed by atoms with Gasteiger partial charge in [0.2, 0.25) is 5.13 Å².